The van der Waals surface area contributed by atoms with Gasteiger partial charge in [0, 0.05) is 18.7 Å². The molecule has 2 aliphatic rings. The van der Waals surface area contributed by atoms with Gasteiger partial charge in [-0.2, -0.15) is 0 Å². The minimum Gasteiger partial charge on any atom is -0.399 e. The first-order valence-electron chi connectivity index (χ1n) is 10.2. The largest absolute Gasteiger partial charge is 0.498 e. The van der Waals surface area contributed by atoms with Crippen LogP contribution in [0.1, 0.15) is 58.9 Å². The number of rotatable bonds is 8. The highest BCUT2D eigenvalue weighted by atomic mass is 19.1. The Kier molecular flexibility index (Phi) is 7.15. The van der Waals surface area contributed by atoms with Crippen LogP contribution in [0.3, 0.4) is 0 Å². The first-order valence-corrected chi connectivity index (χ1v) is 10.2. The van der Waals surface area contributed by atoms with Crippen molar-refractivity contribution in [1.82, 2.24) is 0 Å². The smallest absolute Gasteiger partial charge is 0.399 e. The van der Waals surface area contributed by atoms with Crippen LogP contribution >= 0.6 is 0 Å². The van der Waals surface area contributed by atoms with Crippen molar-refractivity contribution in [2.24, 2.45) is 0 Å². The zero-order valence-electron chi connectivity index (χ0n) is 17.5. The Bertz CT molecular complexity index is 630. The molecule has 0 N–H and O–H groups in total. The Morgan fingerprint density at radius 3 is 2.54 bits per heavy atom. The molecule has 0 spiro atoms. The second kappa shape index (κ2) is 9.22. The van der Waals surface area contributed by atoms with Crippen molar-refractivity contribution in [3.05, 3.63) is 29.6 Å². The Morgan fingerprint density at radius 1 is 1.11 bits per heavy atom. The molecule has 0 bridgehead atoms. The Morgan fingerprint density at radius 2 is 1.86 bits per heavy atom. The van der Waals surface area contributed by atoms with Gasteiger partial charge in [0.05, 0.1) is 24.4 Å². The summed E-state index contributed by atoms with van der Waals surface area (Å²) in [5.74, 6) is -0.336. The minimum absolute atomic E-state index is 0.0769. The number of halogens is 1. The average Bonchev–Trinajstić information content (AvgIpc) is 2.86. The molecule has 2 fully saturated rings. The molecular formula is C21H32BFO5. The highest BCUT2D eigenvalue weighted by Crippen LogP contribution is 2.37. The van der Waals surface area contributed by atoms with Gasteiger partial charge in [-0.25, -0.2) is 4.39 Å². The molecule has 0 saturated carbocycles. The van der Waals surface area contributed by atoms with E-state index in [1.54, 1.807) is 6.07 Å². The van der Waals surface area contributed by atoms with Gasteiger partial charge in [-0.1, -0.05) is 12.1 Å². The van der Waals surface area contributed by atoms with E-state index in [2.05, 4.69) is 0 Å². The molecule has 2 heterocycles. The lowest BCUT2D eigenvalue weighted by Gasteiger charge is -2.32. The number of benzene rings is 1. The van der Waals surface area contributed by atoms with Crippen molar-refractivity contribution >= 4 is 12.6 Å². The van der Waals surface area contributed by atoms with Crippen LogP contribution in [-0.2, 0) is 30.1 Å². The van der Waals surface area contributed by atoms with Gasteiger partial charge in [0.25, 0.3) is 0 Å². The van der Waals surface area contributed by atoms with E-state index in [-0.39, 0.29) is 12.1 Å². The van der Waals surface area contributed by atoms with Crippen LogP contribution in [0, 0.1) is 5.82 Å². The van der Waals surface area contributed by atoms with Crippen LogP contribution in [0.4, 0.5) is 4.39 Å². The van der Waals surface area contributed by atoms with E-state index in [4.69, 9.17) is 23.5 Å². The maximum atomic E-state index is 14.6. The fraction of sp³-hybridized carbons (Fsp3) is 0.714. The number of ether oxygens (including phenoxy) is 3. The van der Waals surface area contributed by atoms with E-state index in [0.29, 0.717) is 25.3 Å². The molecule has 0 aliphatic carbocycles. The van der Waals surface area contributed by atoms with Gasteiger partial charge in [-0.05, 0) is 65.0 Å². The van der Waals surface area contributed by atoms with Gasteiger partial charge in [0.15, 0.2) is 6.29 Å². The van der Waals surface area contributed by atoms with E-state index in [1.165, 1.54) is 6.07 Å². The van der Waals surface area contributed by atoms with Crippen LogP contribution in [0.2, 0.25) is 0 Å². The summed E-state index contributed by atoms with van der Waals surface area (Å²) >= 11 is 0. The first-order chi connectivity index (χ1) is 13.3. The molecule has 1 unspecified atom stereocenters. The van der Waals surface area contributed by atoms with Gasteiger partial charge in [0.2, 0.25) is 0 Å². The normalized spacial score (nSPS) is 23.9. The third-order valence-corrected chi connectivity index (χ3v) is 5.76. The molecule has 5 nitrogen and oxygen atoms in total. The van der Waals surface area contributed by atoms with Crippen molar-refractivity contribution < 1.29 is 27.9 Å². The molecule has 28 heavy (non-hydrogen) atoms. The summed E-state index contributed by atoms with van der Waals surface area (Å²) in [5.41, 5.74) is 0.135. The predicted molar refractivity (Wildman–Crippen MR) is 106 cm³/mol. The van der Waals surface area contributed by atoms with Crippen molar-refractivity contribution in [1.29, 1.82) is 0 Å². The lowest BCUT2D eigenvalue weighted by Crippen LogP contribution is -2.41. The molecule has 0 aromatic heterocycles. The SMILES string of the molecule is CC1(C)OB(c2c(F)cccc2COCCCOC2CCCCO2)OC1(C)C. The zero-order valence-corrected chi connectivity index (χ0v) is 17.5. The minimum atomic E-state index is -0.739. The molecule has 1 aromatic carbocycles. The number of hydrogen-bond acceptors (Lipinski definition) is 5. The summed E-state index contributed by atoms with van der Waals surface area (Å²) < 4.78 is 43.7. The second-order valence-corrected chi connectivity index (χ2v) is 8.47. The summed E-state index contributed by atoms with van der Waals surface area (Å²) in [6.45, 7) is 10.0. The van der Waals surface area contributed by atoms with Gasteiger partial charge in [-0.15, -0.1) is 0 Å². The van der Waals surface area contributed by atoms with E-state index in [0.717, 1.165) is 37.9 Å². The third kappa shape index (κ3) is 5.13. The van der Waals surface area contributed by atoms with Crippen LogP contribution in [0.5, 0.6) is 0 Å². The quantitative estimate of drug-likeness (QED) is 0.498. The Labute approximate surface area is 168 Å². The lowest BCUT2D eigenvalue weighted by atomic mass is 9.75. The highest BCUT2D eigenvalue weighted by molar-refractivity contribution is 6.62. The average molecular weight is 394 g/mol. The molecule has 0 amide bonds. The van der Waals surface area contributed by atoms with Crippen molar-refractivity contribution in [2.75, 3.05) is 19.8 Å². The molecule has 156 valence electrons. The molecule has 3 rings (SSSR count). The van der Waals surface area contributed by atoms with Crippen LogP contribution in [0.15, 0.2) is 18.2 Å². The monoisotopic (exact) mass is 394 g/mol. The summed E-state index contributed by atoms with van der Waals surface area (Å²) in [6, 6.07) is 4.98. The predicted octanol–water partition coefficient (Wildman–Crippen LogP) is 3.57. The molecule has 2 saturated heterocycles. The Balaban J connectivity index is 1.50. The van der Waals surface area contributed by atoms with E-state index in [1.807, 2.05) is 33.8 Å². The van der Waals surface area contributed by atoms with Crippen LogP contribution in [0.25, 0.3) is 0 Å². The summed E-state index contributed by atoms with van der Waals surface area (Å²) in [5, 5.41) is 0. The molecule has 0 radical (unpaired) electrons. The zero-order chi connectivity index (χ0) is 20.2. The number of hydrogen-bond donors (Lipinski definition) is 0. The van der Waals surface area contributed by atoms with Crippen LogP contribution in [-0.4, -0.2) is 44.4 Å². The standard InChI is InChI=1S/C21H32BFO5/c1-20(2)21(3,4)28-22(27-20)19-16(9-7-10-17(19)23)15-24-12-8-14-26-18-11-5-6-13-25-18/h7,9-10,18H,5-6,8,11-15H2,1-4H3. The first kappa shape index (κ1) is 21.7. The topological polar surface area (TPSA) is 46.2 Å². The van der Waals surface area contributed by atoms with Gasteiger partial charge in [-0.3, -0.25) is 0 Å². The maximum absolute atomic E-state index is 14.6. The molecule has 1 aromatic rings. The molecule has 1 atom stereocenters. The maximum Gasteiger partial charge on any atom is 0.498 e. The summed E-state index contributed by atoms with van der Waals surface area (Å²) in [6.07, 6.45) is 3.92. The molecular weight excluding hydrogens is 362 g/mol. The summed E-state index contributed by atoms with van der Waals surface area (Å²) in [7, 11) is -0.739. The fourth-order valence-electron chi connectivity index (χ4n) is 3.33. The fourth-order valence-corrected chi connectivity index (χ4v) is 3.33. The third-order valence-electron chi connectivity index (χ3n) is 5.76. The molecule has 2 aliphatic heterocycles. The Hall–Kier alpha value is -0.985. The van der Waals surface area contributed by atoms with Gasteiger partial charge < -0.3 is 23.5 Å². The van der Waals surface area contributed by atoms with E-state index < -0.39 is 18.3 Å². The van der Waals surface area contributed by atoms with Gasteiger partial charge in [0.1, 0.15) is 5.82 Å². The molecule has 7 heteroatoms. The lowest BCUT2D eigenvalue weighted by molar-refractivity contribution is -0.164. The summed E-state index contributed by atoms with van der Waals surface area (Å²) in [4.78, 5) is 0. The van der Waals surface area contributed by atoms with Crippen molar-refractivity contribution in [2.45, 2.75) is 77.5 Å². The van der Waals surface area contributed by atoms with Crippen LogP contribution < -0.4 is 5.46 Å². The van der Waals surface area contributed by atoms with Crippen molar-refractivity contribution in [3.8, 4) is 0 Å². The second-order valence-electron chi connectivity index (χ2n) is 8.47. The van der Waals surface area contributed by atoms with E-state index in [9.17, 15) is 4.39 Å². The van der Waals surface area contributed by atoms with Crippen molar-refractivity contribution in [3.63, 3.8) is 0 Å². The van der Waals surface area contributed by atoms with E-state index >= 15 is 0 Å². The highest BCUT2D eigenvalue weighted by Gasteiger charge is 2.52. The van der Waals surface area contributed by atoms with Gasteiger partial charge >= 0.3 is 7.12 Å².